The van der Waals surface area contributed by atoms with Gasteiger partial charge >= 0.3 is 5.69 Å². The molecule has 0 fully saturated rings. The summed E-state index contributed by atoms with van der Waals surface area (Å²) in [5, 5.41) is 0. The van der Waals surface area contributed by atoms with E-state index in [1.165, 1.54) is 0 Å². The van der Waals surface area contributed by atoms with Crippen LogP contribution >= 0.6 is 0 Å². The van der Waals surface area contributed by atoms with E-state index >= 15 is 0 Å². The third-order valence-electron chi connectivity index (χ3n) is 2.93. The maximum atomic E-state index is 12.1. The molecule has 0 aliphatic carbocycles. The van der Waals surface area contributed by atoms with Crippen molar-refractivity contribution in [2.75, 3.05) is 0 Å². The molecule has 2 heterocycles. The number of nitrogens with two attached hydrogens (primary N) is 1. The zero-order chi connectivity index (χ0) is 14.7. The van der Waals surface area contributed by atoms with E-state index < -0.39 is 5.91 Å². The number of carbonyl (C=O) groups excluding carboxylic acids is 1. The van der Waals surface area contributed by atoms with Crippen LogP contribution in [-0.2, 0) is 6.54 Å². The topological polar surface area (TPSA) is 94.9 Å². The van der Waals surface area contributed by atoms with Crippen LogP contribution in [0.15, 0.2) is 35.4 Å². The largest absolute Gasteiger partial charge is 0.328 e. The molecular formula is C13H17N5O2. The highest BCUT2D eigenvalue weighted by atomic mass is 16.2. The zero-order valence-corrected chi connectivity index (χ0v) is 11.4. The Bertz CT molecular complexity index is 671. The van der Waals surface area contributed by atoms with E-state index in [1.807, 2.05) is 19.3 Å². The first-order valence-electron chi connectivity index (χ1n) is 6.27. The van der Waals surface area contributed by atoms with E-state index in [2.05, 4.69) is 4.98 Å². The lowest BCUT2D eigenvalue weighted by Gasteiger charge is -2.06. The lowest BCUT2D eigenvalue weighted by atomic mass is 10.3. The van der Waals surface area contributed by atoms with Gasteiger partial charge in [-0.3, -0.25) is 19.4 Å². The van der Waals surface area contributed by atoms with Gasteiger partial charge in [-0.2, -0.15) is 0 Å². The molecule has 2 rings (SSSR count). The van der Waals surface area contributed by atoms with Crippen LogP contribution in [0.25, 0.3) is 0 Å². The van der Waals surface area contributed by atoms with Crippen molar-refractivity contribution < 1.29 is 4.79 Å². The van der Waals surface area contributed by atoms with E-state index in [0.717, 1.165) is 0 Å². The number of nitrogens with zero attached hydrogens (tertiary/aromatic N) is 3. The predicted molar refractivity (Wildman–Crippen MR) is 74.1 cm³/mol. The summed E-state index contributed by atoms with van der Waals surface area (Å²) in [6.07, 6.45) is 3.45. The van der Waals surface area contributed by atoms with Gasteiger partial charge in [0.1, 0.15) is 5.69 Å². The van der Waals surface area contributed by atoms with Crippen LogP contribution in [0.2, 0.25) is 0 Å². The van der Waals surface area contributed by atoms with Crippen LogP contribution in [0, 0.1) is 0 Å². The highest BCUT2D eigenvalue weighted by Gasteiger charge is 2.09. The monoisotopic (exact) mass is 275 g/mol. The second-order valence-electron chi connectivity index (χ2n) is 4.70. The Kier molecular flexibility index (Phi) is 3.99. The van der Waals surface area contributed by atoms with Crippen LogP contribution in [0.5, 0.6) is 0 Å². The Hall–Kier alpha value is -2.41. The number of hydrogen-bond acceptors (Lipinski definition) is 4. The fourth-order valence-electron chi connectivity index (χ4n) is 1.88. The predicted octanol–water partition coefficient (Wildman–Crippen LogP) is 0.277. The van der Waals surface area contributed by atoms with Gasteiger partial charge in [-0.15, -0.1) is 0 Å². The van der Waals surface area contributed by atoms with Crippen molar-refractivity contribution in [1.29, 1.82) is 0 Å². The number of rotatable bonds is 4. The zero-order valence-electron chi connectivity index (χ0n) is 11.4. The Balaban J connectivity index is 2.27. The van der Waals surface area contributed by atoms with Crippen molar-refractivity contribution in [3.8, 4) is 0 Å². The molecule has 2 aromatic rings. The highest BCUT2D eigenvalue weighted by molar-refractivity contribution is 5.91. The normalized spacial score (nSPS) is 10.8. The first-order valence-corrected chi connectivity index (χ1v) is 6.27. The molecule has 7 nitrogen and oxygen atoms in total. The Morgan fingerprint density at radius 2 is 2.15 bits per heavy atom. The van der Waals surface area contributed by atoms with Crippen molar-refractivity contribution >= 4 is 5.91 Å². The molecule has 0 saturated heterocycles. The second kappa shape index (κ2) is 5.70. The van der Waals surface area contributed by atoms with Crippen LogP contribution in [0.1, 0.15) is 36.1 Å². The molecule has 7 heteroatoms. The third kappa shape index (κ3) is 2.77. The summed E-state index contributed by atoms with van der Waals surface area (Å²) in [5.74, 6) is 4.61. The standard InChI is InChI=1S/C13H17N5O2/c1-9(2)18-7-6-17(13(18)20)8-10-4-3-5-11(15-10)12(19)16-14/h3-7,9H,8,14H2,1-2H3,(H,16,19). The highest BCUT2D eigenvalue weighted by Crippen LogP contribution is 2.03. The number of carbonyl (C=O) groups is 1. The minimum absolute atomic E-state index is 0.101. The van der Waals surface area contributed by atoms with E-state index in [0.29, 0.717) is 12.2 Å². The van der Waals surface area contributed by atoms with Crippen molar-refractivity contribution in [2.24, 2.45) is 5.84 Å². The lowest BCUT2D eigenvalue weighted by molar-refractivity contribution is 0.0948. The van der Waals surface area contributed by atoms with Gasteiger partial charge in [-0.05, 0) is 26.0 Å². The number of aromatic nitrogens is 3. The summed E-state index contributed by atoms with van der Waals surface area (Å²) in [6.45, 7) is 4.19. The minimum atomic E-state index is -0.459. The maximum absolute atomic E-state index is 12.1. The van der Waals surface area contributed by atoms with Crippen molar-refractivity contribution in [2.45, 2.75) is 26.4 Å². The summed E-state index contributed by atoms with van der Waals surface area (Å²) in [6, 6.07) is 5.13. The van der Waals surface area contributed by atoms with Crippen LogP contribution < -0.4 is 17.0 Å². The number of hydrazine groups is 1. The number of nitrogens with one attached hydrogen (secondary N) is 1. The summed E-state index contributed by atoms with van der Waals surface area (Å²) >= 11 is 0. The number of amides is 1. The average Bonchev–Trinajstić information content (AvgIpc) is 2.80. The van der Waals surface area contributed by atoms with Crippen LogP contribution in [-0.4, -0.2) is 20.0 Å². The molecule has 0 atom stereocenters. The first-order chi connectivity index (χ1) is 9.52. The molecule has 1 amide bonds. The quantitative estimate of drug-likeness (QED) is 0.476. The number of nitrogen functional groups attached to an aromatic ring is 1. The van der Waals surface area contributed by atoms with Gasteiger partial charge in [0, 0.05) is 18.4 Å². The molecule has 0 unspecified atom stereocenters. The van der Waals surface area contributed by atoms with Crippen LogP contribution in [0.4, 0.5) is 0 Å². The number of imidazole rings is 1. The molecule has 0 spiro atoms. The maximum Gasteiger partial charge on any atom is 0.328 e. The average molecular weight is 275 g/mol. The summed E-state index contributed by atoms with van der Waals surface area (Å²) in [5.41, 5.74) is 2.77. The molecule has 20 heavy (non-hydrogen) atoms. The molecule has 106 valence electrons. The fourth-order valence-corrected chi connectivity index (χ4v) is 1.88. The third-order valence-corrected chi connectivity index (χ3v) is 2.93. The van der Waals surface area contributed by atoms with Gasteiger partial charge in [0.15, 0.2) is 0 Å². The van der Waals surface area contributed by atoms with Crippen molar-refractivity contribution in [3.63, 3.8) is 0 Å². The Labute approximate surface area is 116 Å². The molecular weight excluding hydrogens is 258 g/mol. The van der Waals surface area contributed by atoms with E-state index in [9.17, 15) is 9.59 Å². The molecule has 0 bridgehead atoms. The lowest BCUT2D eigenvalue weighted by Crippen LogP contribution is -2.31. The Morgan fingerprint density at radius 1 is 1.40 bits per heavy atom. The van der Waals surface area contributed by atoms with Gasteiger partial charge in [0.05, 0.1) is 12.2 Å². The molecule has 0 aliphatic rings. The first kappa shape index (κ1) is 14.0. The molecule has 0 aliphatic heterocycles. The number of hydrogen-bond donors (Lipinski definition) is 2. The number of pyridine rings is 1. The SMILES string of the molecule is CC(C)n1ccn(Cc2cccc(C(=O)NN)n2)c1=O. The molecule has 0 radical (unpaired) electrons. The Morgan fingerprint density at radius 3 is 2.75 bits per heavy atom. The minimum Gasteiger partial charge on any atom is -0.297 e. The van der Waals surface area contributed by atoms with Gasteiger partial charge < -0.3 is 0 Å². The molecule has 2 aromatic heterocycles. The summed E-state index contributed by atoms with van der Waals surface area (Å²) in [4.78, 5) is 27.7. The smallest absolute Gasteiger partial charge is 0.297 e. The van der Waals surface area contributed by atoms with Crippen molar-refractivity contribution in [1.82, 2.24) is 19.5 Å². The van der Waals surface area contributed by atoms with Gasteiger partial charge in [-0.1, -0.05) is 6.07 Å². The summed E-state index contributed by atoms with van der Waals surface area (Å²) in [7, 11) is 0. The molecule has 0 aromatic carbocycles. The molecule has 3 N–H and O–H groups in total. The fraction of sp³-hybridized carbons (Fsp3) is 0.308. The van der Waals surface area contributed by atoms with E-state index in [1.54, 1.807) is 39.7 Å². The van der Waals surface area contributed by atoms with E-state index in [4.69, 9.17) is 5.84 Å². The van der Waals surface area contributed by atoms with Gasteiger partial charge in [0.25, 0.3) is 5.91 Å². The molecule has 0 saturated carbocycles. The summed E-state index contributed by atoms with van der Waals surface area (Å²) < 4.78 is 3.18. The van der Waals surface area contributed by atoms with E-state index in [-0.39, 0.29) is 17.4 Å². The van der Waals surface area contributed by atoms with Gasteiger partial charge in [0.2, 0.25) is 0 Å². The van der Waals surface area contributed by atoms with Crippen LogP contribution in [0.3, 0.4) is 0 Å². The van der Waals surface area contributed by atoms with Crippen molar-refractivity contribution in [3.05, 3.63) is 52.5 Å². The second-order valence-corrected chi connectivity index (χ2v) is 4.70. The van der Waals surface area contributed by atoms with Gasteiger partial charge in [-0.25, -0.2) is 15.6 Å².